The minimum absolute atomic E-state index is 0.00438. The number of hydrogen-bond donors (Lipinski definition) is 1. The zero-order valence-electron chi connectivity index (χ0n) is 29.4. The Hall–Kier alpha value is -3.00. The molecule has 0 amide bonds. The minimum atomic E-state index is -2.07. The first-order valence-corrected chi connectivity index (χ1v) is 20.2. The molecule has 1 fully saturated rings. The van der Waals surface area contributed by atoms with Crippen molar-refractivity contribution in [3.63, 3.8) is 0 Å². The maximum atomic E-state index is 7.04. The molecule has 0 radical (unpaired) electrons. The van der Waals surface area contributed by atoms with Crippen molar-refractivity contribution in [3.05, 3.63) is 65.5 Å². The van der Waals surface area contributed by atoms with E-state index in [4.69, 9.17) is 13.9 Å². The lowest BCUT2D eigenvalue weighted by Gasteiger charge is -2.42. The van der Waals surface area contributed by atoms with Crippen molar-refractivity contribution in [1.29, 1.82) is 0 Å². The summed E-state index contributed by atoms with van der Waals surface area (Å²) in [4.78, 5) is 2.49. The van der Waals surface area contributed by atoms with E-state index < -0.39 is 8.32 Å². The van der Waals surface area contributed by atoms with E-state index in [-0.39, 0.29) is 6.10 Å². The maximum Gasteiger partial charge on any atom is 0.258 e. The van der Waals surface area contributed by atoms with E-state index in [1.54, 1.807) is 11.3 Å². The van der Waals surface area contributed by atoms with Crippen LogP contribution in [-0.2, 0) is 0 Å². The molecular weight excluding hydrogens is 605 g/mol. The average Bonchev–Trinajstić information content (AvgIpc) is 3.68. The molecular formula is C39H54N2O3SSi. The molecule has 2 heterocycles. The summed E-state index contributed by atoms with van der Waals surface area (Å²) in [7, 11) is -2.07. The van der Waals surface area contributed by atoms with Gasteiger partial charge in [-0.15, -0.1) is 11.3 Å². The van der Waals surface area contributed by atoms with E-state index in [2.05, 4.69) is 133 Å². The first kappa shape index (κ1) is 34.3. The van der Waals surface area contributed by atoms with Crippen LogP contribution >= 0.6 is 11.3 Å². The lowest BCUT2D eigenvalue weighted by atomic mass is 9.96. The smallest absolute Gasteiger partial charge is 0.258 e. The van der Waals surface area contributed by atoms with E-state index >= 15 is 0 Å². The third kappa shape index (κ3) is 7.27. The molecule has 3 aromatic carbocycles. The Morgan fingerprint density at radius 3 is 2.13 bits per heavy atom. The molecule has 5 rings (SSSR count). The van der Waals surface area contributed by atoms with E-state index in [9.17, 15) is 0 Å². The van der Waals surface area contributed by atoms with Crippen LogP contribution in [0, 0.1) is 6.92 Å². The highest BCUT2D eigenvalue weighted by atomic mass is 32.1. The van der Waals surface area contributed by atoms with Crippen LogP contribution in [0.1, 0.15) is 73.8 Å². The van der Waals surface area contributed by atoms with Gasteiger partial charge in [0.15, 0.2) is 0 Å². The van der Waals surface area contributed by atoms with Gasteiger partial charge in [-0.3, -0.25) is 4.90 Å². The topological polar surface area (TPSA) is 43.0 Å². The second kappa shape index (κ2) is 14.8. The molecule has 0 atom stereocenters. The molecule has 248 valence electrons. The number of likely N-dealkylation sites (tertiary alicyclic amines) is 1. The number of nitrogens with zero attached hydrogens (tertiary/aromatic N) is 1. The summed E-state index contributed by atoms with van der Waals surface area (Å²) < 4.78 is 21.4. The molecule has 46 heavy (non-hydrogen) atoms. The highest BCUT2D eigenvalue weighted by Gasteiger charge is 2.47. The second-order valence-corrected chi connectivity index (χ2v) is 20.3. The Morgan fingerprint density at radius 1 is 0.848 bits per heavy atom. The standard InChI is InChI=1S/C39H54N2O3SSi/c1-26(2)43-36-24-35(42-23-22-41-20-12-13-21-41)30(9)38(39(36)40-34-25-45-37-15-11-10-14-33(34)37)31-16-18-32(19-17-31)44-46(27(3)4,28(5)6)29(7)8/h10-11,14-19,24-29,40H,12-13,20-23H2,1-9H3. The fourth-order valence-electron chi connectivity index (χ4n) is 7.46. The van der Waals surface area contributed by atoms with Crippen molar-refractivity contribution < 1.29 is 13.9 Å². The van der Waals surface area contributed by atoms with Gasteiger partial charge in [0.05, 0.1) is 17.5 Å². The van der Waals surface area contributed by atoms with Gasteiger partial charge in [0.1, 0.15) is 23.9 Å². The number of fused-ring (bicyclic) bond motifs is 1. The number of ether oxygens (including phenoxy) is 2. The van der Waals surface area contributed by atoms with Crippen molar-refractivity contribution in [1.82, 2.24) is 4.90 Å². The lowest BCUT2D eigenvalue weighted by Crippen LogP contribution is -2.50. The summed E-state index contributed by atoms with van der Waals surface area (Å²) in [6.07, 6.45) is 2.56. The summed E-state index contributed by atoms with van der Waals surface area (Å²) in [6.45, 7) is 24.3. The first-order chi connectivity index (χ1) is 22.0. The Bertz CT molecular complexity index is 1570. The number of anilines is 2. The molecule has 5 nitrogen and oxygen atoms in total. The van der Waals surface area contributed by atoms with Gasteiger partial charge >= 0.3 is 0 Å². The van der Waals surface area contributed by atoms with Gasteiger partial charge in [-0.05, 0) is 87.1 Å². The number of hydrogen-bond acceptors (Lipinski definition) is 6. The van der Waals surface area contributed by atoms with Gasteiger partial charge in [-0.25, -0.2) is 0 Å². The summed E-state index contributed by atoms with van der Waals surface area (Å²) in [5, 5.41) is 7.24. The predicted molar refractivity (Wildman–Crippen MR) is 200 cm³/mol. The third-order valence-corrected chi connectivity index (χ3v) is 16.6. The summed E-state index contributed by atoms with van der Waals surface area (Å²) in [6, 6.07) is 19.4. The number of thiophene rings is 1. The van der Waals surface area contributed by atoms with Crippen LogP contribution in [0.3, 0.4) is 0 Å². The molecule has 0 bridgehead atoms. The van der Waals surface area contributed by atoms with Crippen LogP contribution in [0.5, 0.6) is 17.2 Å². The summed E-state index contributed by atoms with van der Waals surface area (Å²) >= 11 is 1.75. The van der Waals surface area contributed by atoms with E-state index in [0.717, 1.165) is 64.9 Å². The van der Waals surface area contributed by atoms with Gasteiger partial charge in [0.25, 0.3) is 8.32 Å². The highest BCUT2D eigenvalue weighted by molar-refractivity contribution is 7.17. The fourth-order valence-corrected chi connectivity index (χ4v) is 13.6. The first-order valence-electron chi connectivity index (χ1n) is 17.2. The van der Waals surface area contributed by atoms with Crippen molar-refractivity contribution in [2.24, 2.45) is 0 Å². The molecule has 7 heteroatoms. The van der Waals surface area contributed by atoms with Crippen molar-refractivity contribution >= 4 is 41.1 Å². The highest BCUT2D eigenvalue weighted by Crippen LogP contribution is 2.48. The van der Waals surface area contributed by atoms with Crippen LogP contribution < -0.4 is 19.2 Å². The zero-order chi connectivity index (χ0) is 33.0. The van der Waals surface area contributed by atoms with Gasteiger partial charge in [0.2, 0.25) is 0 Å². The predicted octanol–water partition coefficient (Wildman–Crippen LogP) is 11.4. The maximum absolute atomic E-state index is 7.04. The van der Waals surface area contributed by atoms with Crippen LogP contribution in [0.4, 0.5) is 11.4 Å². The van der Waals surface area contributed by atoms with E-state index in [1.807, 2.05) is 0 Å². The molecule has 1 aliphatic rings. The summed E-state index contributed by atoms with van der Waals surface area (Å²) in [5.41, 5.74) is 6.88. The molecule has 1 saturated heterocycles. The number of benzene rings is 3. The molecule has 1 N–H and O–H groups in total. The van der Waals surface area contributed by atoms with Crippen LogP contribution in [-0.4, -0.2) is 45.6 Å². The monoisotopic (exact) mass is 658 g/mol. The fraction of sp³-hybridized carbons (Fsp3) is 0.487. The molecule has 4 aromatic rings. The van der Waals surface area contributed by atoms with Crippen molar-refractivity contribution in [2.45, 2.75) is 97.9 Å². The van der Waals surface area contributed by atoms with Gasteiger partial charge in [-0.2, -0.15) is 0 Å². The van der Waals surface area contributed by atoms with Gasteiger partial charge < -0.3 is 19.2 Å². The van der Waals surface area contributed by atoms with E-state index in [0.29, 0.717) is 23.2 Å². The van der Waals surface area contributed by atoms with Crippen LogP contribution in [0.2, 0.25) is 16.6 Å². The van der Waals surface area contributed by atoms with Crippen LogP contribution in [0.25, 0.3) is 21.2 Å². The average molecular weight is 659 g/mol. The molecule has 1 aliphatic heterocycles. The second-order valence-electron chi connectivity index (χ2n) is 14.0. The normalized spacial score (nSPS) is 14.3. The molecule has 0 saturated carbocycles. The number of rotatable bonds is 14. The minimum Gasteiger partial charge on any atom is -0.543 e. The molecule has 0 spiro atoms. The quantitative estimate of drug-likeness (QED) is 0.137. The van der Waals surface area contributed by atoms with E-state index in [1.165, 1.54) is 22.9 Å². The van der Waals surface area contributed by atoms with Crippen LogP contribution in [0.15, 0.2) is 60.0 Å². The number of nitrogens with one attached hydrogen (secondary N) is 1. The molecule has 1 aromatic heterocycles. The Morgan fingerprint density at radius 2 is 1.50 bits per heavy atom. The largest absolute Gasteiger partial charge is 0.543 e. The van der Waals surface area contributed by atoms with Crippen molar-refractivity contribution in [3.8, 4) is 28.4 Å². The van der Waals surface area contributed by atoms with Crippen molar-refractivity contribution in [2.75, 3.05) is 31.6 Å². The lowest BCUT2D eigenvalue weighted by molar-refractivity contribution is 0.229. The summed E-state index contributed by atoms with van der Waals surface area (Å²) in [5.74, 6) is 2.63. The Balaban J connectivity index is 1.58. The SMILES string of the molecule is Cc1c(OCCN2CCCC2)cc(OC(C)C)c(Nc2csc3ccccc23)c1-c1ccc(O[Si](C(C)C)(C(C)C)C(C)C)cc1. The molecule has 0 aliphatic carbocycles. The Labute approximate surface area is 282 Å². The molecule has 0 unspecified atom stereocenters. The Kier molecular flexibility index (Phi) is 11.1. The van der Waals surface area contributed by atoms with Gasteiger partial charge in [-0.1, -0.05) is 71.9 Å². The van der Waals surface area contributed by atoms with Gasteiger partial charge in [0, 0.05) is 39.2 Å². The third-order valence-electron chi connectivity index (χ3n) is 9.61. The zero-order valence-corrected chi connectivity index (χ0v) is 31.2.